The third-order valence-electron chi connectivity index (χ3n) is 3.13. The van der Waals surface area contributed by atoms with E-state index in [1.807, 2.05) is 13.8 Å². The molecular formula is C16H26N4O3S2. The van der Waals surface area contributed by atoms with Crippen molar-refractivity contribution in [2.45, 2.75) is 59.2 Å². The minimum Gasteiger partial charge on any atom is -0.444 e. The van der Waals surface area contributed by atoms with E-state index in [0.29, 0.717) is 5.01 Å². The summed E-state index contributed by atoms with van der Waals surface area (Å²) >= 11 is 6.15. The normalized spacial score (nSPS) is 13.9. The smallest absolute Gasteiger partial charge is 0.408 e. The predicted octanol–water partition coefficient (Wildman–Crippen LogP) is 2.77. The lowest BCUT2D eigenvalue weighted by Crippen LogP contribution is -2.41. The standard InChI is InChI=1S/C16H26N4O3S2/c1-8(2)11(20-15(22)23-16(4,5)6)14-19-10(7-25-14)13(21)18-9(3)12(17)24/h7-9,11H,1-6H3,(H2,17,24)(H,18,21)(H,20,22)/t9-,11-/m1/s1. The first-order chi connectivity index (χ1) is 11.4. The summed E-state index contributed by atoms with van der Waals surface area (Å²) in [5.74, 6) is -0.285. The van der Waals surface area contributed by atoms with E-state index in [0.717, 1.165) is 0 Å². The van der Waals surface area contributed by atoms with Gasteiger partial charge in [-0.25, -0.2) is 9.78 Å². The summed E-state index contributed by atoms with van der Waals surface area (Å²) in [5.41, 5.74) is 5.17. The van der Waals surface area contributed by atoms with E-state index < -0.39 is 17.7 Å². The number of carbonyl (C=O) groups is 2. The van der Waals surface area contributed by atoms with Gasteiger partial charge in [0, 0.05) is 5.38 Å². The Morgan fingerprint density at radius 2 is 1.88 bits per heavy atom. The number of nitrogens with one attached hydrogen (secondary N) is 2. The first kappa shape index (κ1) is 21.3. The summed E-state index contributed by atoms with van der Waals surface area (Å²) in [6.07, 6.45) is -0.519. The number of ether oxygens (including phenoxy) is 1. The Morgan fingerprint density at radius 3 is 2.36 bits per heavy atom. The molecule has 0 aliphatic heterocycles. The van der Waals surface area contributed by atoms with E-state index in [9.17, 15) is 9.59 Å². The SMILES string of the molecule is CC(C)[C@@H](NC(=O)OC(C)(C)C)c1nc(C(=O)N[C@H](C)C(N)=S)cs1. The monoisotopic (exact) mass is 386 g/mol. The lowest BCUT2D eigenvalue weighted by atomic mass is 10.1. The molecule has 0 radical (unpaired) electrons. The van der Waals surface area contributed by atoms with Gasteiger partial charge in [0.2, 0.25) is 0 Å². The molecule has 0 fully saturated rings. The van der Waals surface area contributed by atoms with Crippen molar-refractivity contribution in [2.24, 2.45) is 11.7 Å². The molecular weight excluding hydrogens is 360 g/mol. The predicted molar refractivity (Wildman–Crippen MR) is 103 cm³/mol. The molecule has 1 aromatic heterocycles. The van der Waals surface area contributed by atoms with Crippen LogP contribution in [0.5, 0.6) is 0 Å². The van der Waals surface area contributed by atoms with Crippen LogP contribution < -0.4 is 16.4 Å². The van der Waals surface area contributed by atoms with Crippen molar-refractivity contribution in [2.75, 3.05) is 0 Å². The van der Waals surface area contributed by atoms with Crippen molar-refractivity contribution in [1.29, 1.82) is 0 Å². The van der Waals surface area contributed by atoms with Crippen LogP contribution in [0.3, 0.4) is 0 Å². The van der Waals surface area contributed by atoms with Crippen LogP contribution in [-0.2, 0) is 4.74 Å². The molecule has 4 N–H and O–H groups in total. The van der Waals surface area contributed by atoms with Crippen LogP contribution in [0.2, 0.25) is 0 Å². The van der Waals surface area contributed by atoms with Crippen LogP contribution in [0.25, 0.3) is 0 Å². The second kappa shape index (κ2) is 8.57. The van der Waals surface area contributed by atoms with Gasteiger partial charge < -0.3 is 21.1 Å². The van der Waals surface area contributed by atoms with Gasteiger partial charge in [0.05, 0.1) is 17.1 Å². The van der Waals surface area contributed by atoms with Crippen molar-refractivity contribution in [3.63, 3.8) is 0 Å². The number of thiazole rings is 1. The molecule has 0 aromatic carbocycles. The summed E-state index contributed by atoms with van der Waals surface area (Å²) in [6, 6.07) is -0.775. The maximum absolute atomic E-state index is 12.2. The highest BCUT2D eigenvalue weighted by molar-refractivity contribution is 7.80. The molecule has 9 heteroatoms. The highest BCUT2D eigenvalue weighted by Gasteiger charge is 2.26. The number of hydrogen-bond acceptors (Lipinski definition) is 6. The first-order valence-electron chi connectivity index (χ1n) is 7.96. The molecule has 0 saturated carbocycles. The van der Waals surface area contributed by atoms with E-state index in [1.165, 1.54) is 11.3 Å². The Kier molecular flexibility index (Phi) is 7.30. The molecule has 0 bridgehead atoms. The fourth-order valence-corrected chi connectivity index (χ4v) is 2.90. The van der Waals surface area contributed by atoms with Gasteiger partial charge in [-0.3, -0.25) is 4.79 Å². The Balaban J connectivity index is 2.86. The number of rotatable bonds is 6. The average Bonchev–Trinajstić information content (AvgIpc) is 2.91. The van der Waals surface area contributed by atoms with Gasteiger partial charge in [-0.1, -0.05) is 26.1 Å². The third kappa shape index (κ3) is 6.95. The number of carbonyl (C=O) groups excluding carboxylic acids is 2. The molecule has 1 aromatic rings. The van der Waals surface area contributed by atoms with Crippen molar-refractivity contribution in [3.05, 3.63) is 16.1 Å². The van der Waals surface area contributed by atoms with Crippen molar-refractivity contribution in [3.8, 4) is 0 Å². The quantitative estimate of drug-likeness (QED) is 0.649. The second-order valence-electron chi connectivity index (χ2n) is 7.04. The maximum atomic E-state index is 12.2. The molecule has 2 atom stereocenters. The lowest BCUT2D eigenvalue weighted by Gasteiger charge is -2.24. The van der Waals surface area contributed by atoms with Gasteiger partial charge in [-0.2, -0.15) is 0 Å². The Morgan fingerprint density at radius 1 is 1.28 bits per heavy atom. The number of amides is 2. The molecule has 0 aliphatic carbocycles. The van der Waals surface area contributed by atoms with Crippen LogP contribution in [0.4, 0.5) is 4.79 Å². The van der Waals surface area contributed by atoms with Crippen LogP contribution in [0, 0.1) is 5.92 Å². The molecule has 0 saturated heterocycles. The molecule has 0 spiro atoms. The molecule has 1 heterocycles. The molecule has 0 aliphatic rings. The van der Waals surface area contributed by atoms with Crippen molar-refractivity contribution in [1.82, 2.24) is 15.6 Å². The number of nitrogens with two attached hydrogens (primary N) is 1. The van der Waals surface area contributed by atoms with Crippen LogP contribution in [-0.4, -0.2) is 33.6 Å². The molecule has 2 amide bonds. The Hall–Kier alpha value is -1.74. The lowest BCUT2D eigenvalue weighted by molar-refractivity contribution is 0.0489. The number of thiocarbonyl (C=S) groups is 1. The number of aromatic nitrogens is 1. The largest absolute Gasteiger partial charge is 0.444 e. The van der Waals surface area contributed by atoms with Crippen LogP contribution in [0.15, 0.2) is 5.38 Å². The fourth-order valence-electron chi connectivity index (χ4n) is 1.82. The summed E-state index contributed by atoms with van der Waals surface area (Å²) < 4.78 is 5.29. The van der Waals surface area contributed by atoms with E-state index >= 15 is 0 Å². The van der Waals surface area contributed by atoms with Crippen LogP contribution >= 0.6 is 23.6 Å². The average molecular weight is 387 g/mol. The summed E-state index contributed by atoms with van der Waals surface area (Å²) in [7, 11) is 0. The first-order valence-corrected chi connectivity index (χ1v) is 9.24. The summed E-state index contributed by atoms with van der Waals surface area (Å²) in [4.78, 5) is 28.8. The van der Waals surface area contributed by atoms with Crippen molar-refractivity contribution < 1.29 is 14.3 Å². The molecule has 0 unspecified atom stereocenters. The zero-order chi connectivity index (χ0) is 19.4. The molecule has 25 heavy (non-hydrogen) atoms. The van der Waals surface area contributed by atoms with Gasteiger partial charge >= 0.3 is 6.09 Å². The van der Waals surface area contributed by atoms with E-state index in [2.05, 4.69) is 15.6 Å². The topological polar surface area (TPSA) is 106 Å². The Labute approximate surface area is 157 Å². The summed E-state index contributed by atoms with van der Waals surface area (Å²) in [5, 5.41) is 7.77. The van der Waals surface area contributed by atoms with Gasteiger partial charge in [0.25, 0.3) is 5.91 Å². The molecule has 140 valence electrons. The van der Waals surface area contributed by atoms with Gasteiger partial charge in [-0.15, -0.1) is 11.3 Å². The van der Waals surface area contributed by atoms with E-state index in [-0.39, 0.29) is 28.5 Å². The van der Waals surface area contributed by atoms with E-state index in [1.54, 1.807) is 33.1 Å². The number of hydrogen-bond donors (Lipinski definition) is 3. The molecule has 7 nitrogen and oxygen atoms in total. The van der Waals surface area contributed by atoms with Gasteiger partial charge in [0.15, 0.2) is 0 Å². The van der Waals surface area contributed by atoms with Gasteiger partial charge in [0.1, 0.15) is 16.3 Å². The van der Waals surface area contributed by atoms with Gasteiger partial charge in [-0.05, 0) is 33.6 Å². The van der Waals surface area contributed by atoms with E-state index in [4.69, 9.17) is 22.7 Å². The van der Waals surface area contributed by atoms with Crippen LogP contribution in [0.1, 0.15) is 63.1 Å². The fraction of sp³-hybridized carbons (Fsp3) is 0.625. The zero-order valence-corrected chi connectivity index (χ0v) is 17.0. The molecule has 1 rings (SSSR count). The Bertz CT molecular complexity index is 638. The zero-order valence-electron chi connectivity index (χ0n) is 15.4. The third-order valence-corrected chi connectivity index (χ3v) is 4.42. The second-order valence-corrected chi connectivity index (χ2v) is 8.40. The summed E-state index contributed by atoms with van der Waals surface area (Å²) in [6.45, 7) is 11.0. The number of alkyl carbamates (subject to hydrolysis) is 1. The highest BCUT2D eigenvalue weighted by atomic mass is 32.1. The maximum Gasteiger partial charge on any atom is 0.408 e. The van der Waals surface area contributed by atoms with Crippen molar-refractivity contribution >= 4 is 40.5 Å². The minimum atomic E-state index is -0.587. The highest BCUT2D eigenvalue weighted by Crippen LogP contribution is 2.25. The number of nitrogens with zero attached hydrogens (tertiary/aromatic N) is 1. The minimum absolute atomic E-state index is 0.0742.